The Labute approximate surface area is 187 Å². The molecule has 1 amide bonds. The molecule has 0 spiro atoms. The van der Waals surface area contributed by atoms with Crippen molar-refractivity contribution in [1.29, 1.82) is 0 Å². The Morgan fingerprint density at radius 2 is 1.88 bits per heavy atom. The standard InChI is InChI=1S/C23H21F3N4O3/c1-11-22(31)16(27)9-19(33-11)12-7-8-28-10-18(12)30-23(32)17-6-5-15(26)21(29-17)20-13(24)3-2-4-14(20)25/h2-8,10-11,16,19,22,31H,9,27H2,1H3,(H,30,32)/t11-,16-,19-,22-/m0/s1. The highest BCUT2D eigenvalue weighted by Crippen LogP contribution is 2.35. The molecule has 0 aliphatic carbocycles. The summed E-state index contributed by atoms with van der Waals surface area (Å²) in [6, 6.07) is 6.24. The second kappa shape index (κ2) is 9.26. The smallest absolute Gasteiger partial charge is 0.274 e. The molecule has 3 heterocycles. The van der Waals surface area contributed by atoms with E-state index < -0.39 is 59.0 Å². The molecule has 4 N–H and O–H groups in total. The van der Waals surface area contributed by atoms with E-state index in [-0.39, 0.29) is 5.69 Å². The Balaban J connectivity index is 1.63. The highest BCUT2D eigenvalue weighted by atomic mass is 19.1. The number of aliphatic hydroxyl groups excluding tert-OH is 1. The average Bonchev–Trinajstić information content (AvgIpc) is 2.78. The molecule has 0 unspecified atom stereocenters. The quantitative estimate of drug-likeness (QED) is 0.553. The van der Waals surface area contributed by atoms with Crippen LogP contribution in [0.25, 0.3) is 11.3 Å². The summed E-state index contributed by atoms with van der Waals surface area (Å²) in [7, 11) is 0. The molecule has 1 saturated heterocycles. The number of hydrogen-bond donors (Lipinski definition) is 3. The number of nitrogens with zero attached hydrogens (tertiary/aromatic N) is 2. The first-order valence-electron chi connectivity index (χ1n) is 10.2. The third kappa shape index (κ3) is 4.58. The van der Waals surface area contributed by atoms with Crippen molar-refractivity contribution >= 4 is 11.6 Å². The van der Waals surface area contributed by atoms with E-state index in [1.165, 1.54) is 12.4 Å². The third-order valence-corrected chi connectivity index (χ3v) is 5.51. The van der Waals surface area contributed by atoms with E-state index in [1.54, 1.807) is 13.0 Å². The Morgan fingerprint density at radius 3 is 2.58 bits per heavy atom. The Morgan fingerprint density at radius 1 is 1.15 bits per heavy atom. The molecule has 2 aromatic heterocycles. The zero-order valence-corrected chi connectivity index (χ0v) is 17.5. The van der Waals surface area contributed by atoms with Crippen molar-refractivity contribution < 1.29 is 27.8 Å². The normalized spacial score (nSPS) is 22.7. The van der Waals surface area contributed by atoms with Gasteiger partial charge in [0.05, 0.1) is 35.8 Å². The number of nitrogens with two attached hydrogens (primary N) is 1. The van der Waals surface area contributed by atoms with Crippen molar-refractivity contribution in [1.82, 2.24) is 9.97 Å². The number of carbonyl (C=O) groups excluding carboxylic acids is 1. The molecule has 10 heteroatoms. The van der Waals surface area contributed by atoms with Gasteiger partial charge in [0, 0.05) is 17.8 Å². The van der Waals surface area contributed by atoms with Gasteiger partial charge in [-0.3, -0.25) is 9.78 Å². The number of anilines is 1. The molecular formula is C23H21F3N4O3. The Bertz CT molecular complexity index is 1160. The van der Waals surface area contributed by atoms with Crippen LogP contribution in [0.3, 0.4) is 0 Å². The van der Waals surface area contributed by atoms with Gasteiger partial charge < -0.3 is 20.9 Å². The second-order valence-electron chi connectivity index (χ2n) is 7.76. The molecule has 172 valence electrons. The number of ether oxygens (including phenoxy) is 1. The van der Waals surface area contributed by atoms with Crippen LogP contribution >= 0.6 is 0 Å². The van der Waals surface area contributed by atoms with Gasteiger partial charge in [-0.05, 0) is 43.7 Å². The van der Waals surface area contributed by atoms with Gasteiger partial charge in [0.2, 0.25) is 0 Å². The zero-order chi connectivity index (χ0) is 23.7. The highest BCUT2D eigenvalue weighted by molar-refractivity contribution is 6.03. The summed E-state index contributed by atoms with van der Waals surface area (Å²) in [6.45, 7) is 1.70. The lowest BCUT2D eigenvalue weighted by atomic mass is 9.93. The first-order chi connectivity index (χ1) is 15.8. The third-order valence-electron chi connectivity index (χ3n) is 5.51. The molecule has 33 heavy (non-hydrogen) atoms. The summed E-state index contributed by atoms with van der Waals surface area (Å²) < 4.78 is 48.5. The van der Waals surface area contributed by atoms with Crippen LogP contribution in [0.15, 0.2) is 48.8 Å². The Kier molecular flexibility index (Phi) is 6.41. The van der Waals surface area contributed by atoms with Crippen LogP contribution in [-0.2, 0) is 4.74 Å². The number of halogens is 3. The van der Waals surface area contributed by atoms with Gasteiger partial charge in [-0.15, -0.1) is 0 Å². The minimum absolute atomic E-state index is 0.256. The van der Waals surface area contributed by atoms with Crippen molar-refractivity contribution in [3.05, 3.63) is 77.5 Å². The predicted molar refractivity (Wildman–Crippen MR) is 114 cm³/mol. The van der Waals surface area contributed by atoms with Crippen molar-refractivity contribution in [3.8, 4) is 11.3 Å². The zero-order valence-electron chi connectivity index (χ0n) is 17.5. The van der Waals surface area contributed by atoms with Gasteiger partial charge in [0.15, 0.2) is 0 Å². The maximum atomic E-state index is 14.3. The minimum atomic E-state index is -1.00. The van der Waals surface area contributed by atoms with Crippen LogP contribution in [0.4, 0.5) is 18.9 Å². The van der Waals surface area contributed by atoms with E-state index >= 15 is 0 Å². The van der Waals surface area contributed by atoms with Crippen LogP contribution < -0.4 is 11.1 Å². The molecule has 4 rings (SSSR count). The molecule has 0 bridgehead atoms. The number of amides is 1. The van der Waals surface area contributed by atoms with Crippen LogP contribution in [0.2, 0.25) is 0 Å². The number of nitrogens with one attached hydrogen (secondary N) is 1. The summed E-state index contributed by atoms with van der Waals surface area (Å²) in [5, 5.41) is 12.7. The topological polar surface area (TPSA) is 110 Å². The van der Waals surface area contributed by atoms with Crippen molar-refractivity contribution in [2.24, 2.45) is 5.73 Å². The fourth-order valence-corrected chi connectivity index (χ4v) is 3.77. The number of rotatable bonds is 4. The SMILES string of the molecule is C[C@@H]1O[C@H](c2ccncc2NC(=O)c2ccc(F)c(-c3c(F)cccc3F)n2)C[C@H](N)[C@H]1O. The molecule has 4 atom stereocenters. The Hall–Kier alpha value is -3.34. The summed E-state index contributed by atoms with van der Waals surface area (Å²) in [5.74, 6) is -3.73. The monoisotopic (exact) mass is 458 g/mol. The van der Waals surface area contributed by atoms with Gasteiger partial charge in [-0.1, -0.05) is 6.07 Å². The second-order valence-corrected chi connectivity index (χ2v) is 7.76. The fourth-order valence-electron chi connectivity index (χ4n) is 3.77. The van der Waals surface area contributed by atoms with Crippen LogP contribution in [0.1, 0.15) is 35.5 Å². The highest BCUT2D eigenvalue weighted by Gasteiger charge is 2.35. The number of benzene rings is 1. The largest absolute Gasteiger partial charge is 0.389 e. The summed E-state index contributed by atoms with van der Waals surface area (Å²) in [4.78, 5) is 20.8. The molecule has 1 fully saturated rings. The first-order valence-corrected chi connectivity index (χ1v) is 10.2. The van der Waals surface area contributed by atoms with Crippen LogP contribution in [-0.4, -0.2) is 39.2 Å². The maximum Gasteiger partial charge on any atom is 0.274 e. The first kappa shape index (κ1) is 22.8. The average molecular weight is 458 g/mol. The van der Waals surface area contributed by atoms with Gasteiger partial charge in [-0.2, -0.15) is 0 Å². The molecule has 1 aliphatic rings. The van der Waals surface area contributed by atoms with Crippen molar-refractivity contribution in [2.45, 2.75) is 37.7 Å². The summed E-state index contributed by atoms with van der Waals surface area (Å²) >= 11 is 0. The van der Waals surface area contributed by atoms with E-state index in [1.807, 2.05) is 0 Å². The van der Waals surface area contributed by atoms with E-state index in [4.69, 9.17) is 10.5 Å². The lowest BCUT2D eigenvalue weighted by Gasteiger charge is -2.37. The van der Waals surface area contributed by atoms with E-state index in [0.717, 1.165) is 30.3 Å². The van der Waals surface area contributed by atoms with E-state index in [2.05, 4.69) is 15.3 Å². The number of pyridine rings is 2. The molecule has 0 saturated carbocycles. The molecule has 1 aliphatic heterocycles. The number of carbonyl (C=O) groups is 1. The van der Waals surface area contributed by atoms with Gasteiger partial charge in [0.1, 0.15) is 28.8 Å². The predicted octanol–water partition coefficient (Wildman–Crippen LogP) is 3.35. The number of aliphatic hydroxyl groups is 1. The van der Waals surface area contributed by atoms with Gasteiger partial charge in [0.25, 0.3) is 5.91 Å². The maximum absolute atomic E-state index is 14.3. The molecule has 1 aromatic carbocycles. The van der Waals surface area contributed by atoms with E-state index in [0.29, 0.717) is 17.7 Å². The minimum Gasteiger partial charge on any atom is -0.389 e. The molecule has 0 radical (unpaired) electrons. The summed E-state index contributed by atoms with van der Waals surface area (Å²) in [6.07, 6.45) is 1.38. The molecular weight excluding hydrogens is 437 g/mol. The van der Waals surface area contributed by atoms with Crippen LogP contribution in [0.5, 0.6) is 0 Å². The summed E-state index contributed by atoms with van der Waals surface area (Å²) in [5.41, 5.74) is 5.35. The number of hydrogen-bond acceptors (Lipinski definition) is 6. The van der Waals surface area contributed by atoms with Gasteiger partial charge >= 0.3 is 0 Å². The van der Waals surface area contributed by atoms with Crippen molar-refractivity contribution in [3.63, 3.8) is 0 Å². The molecule has 3 aromatic rings. The van der Waals surface area contributed by atoms with Crippen LogP contribution in [0, 0.1) is 17.5 Å². The molecule has 7 nitrogen and oxygen atoms in total. The lowest BCUT2D eigenvalue weighted by molar-refractivity contribution is -0.119. The van der Waals surface area contributed by atoms with Crippen molar-refractivity contribution in [2.75, 3.05) is 5.32 Å². The van der Waals surface area contributed by atoms with Gasteiger partial charge in [-0.25, -0.2) is 18.2 Å². The van der Waals surface area contributed by atoms with E-state index in [9.17, 15) is 23.1 Å². The lowest BCUT2D eigenvalue weighted by Crippen LogP contribution is -2.48. The number of aromatic nitrogens is 2. The fraction of sp³-hybridized carbons (Fsp3) is 0.261.